The summed E-state index contributed by atoms with van der Waals surface area (Å²) in [4.78, 5) is 0. The van der Waals surface area contributed by atoms with Crippen LogP contribution in [0.5, 0.6) is 0 Å². The summed E-state index contributed by atoms with van der Waals surface area (Å²) in [5.41, 5.74) is -0.979. The lowest BCUT2D eigenvalue weighted by Gasteiger charge is -2.16. The first-order valence-corrected chi connectivity index (χ1v) is 4.39. The Balaban J connectivity index is 4.16. The molecule has 0 aromatic heterocycles. The molecule has 0 aliphatic rings. The molecule has 0 aromatic rings. The van der Waals surface area contributed by atoms with Crippen molar-refractivity contribution in [1.82, 2.24) is 0 Å². The largest absolute Gasteiger partial charge is 0.286 e. The second-order valence-corrected chi connectivity index (χ2v) is 4.48. The van der Waals surface area contributed by atoms with Crippen molar-refractivity contribution in [2.24, 2.45) is 5.41 Å². The van der Waals surface area contributed by atoms with Gasteiger partial charge in [-0.25, -0.2) is 0 Å². The lowest BCUT2D eigenvalue weighted by atomic mass is 9.99. The lowest BCUT2D eigenvalue weighted by molar-refractivity contribution is 0.281. The summed E-state index contributed by atoms with van der Waals surface area (Å²) in [6.07, 6.45) is 0. The standard InChI is InChI=1S/C5H11FO3S/c1-5(2,3-6)4-10(7,8)9/h3-4H2,1-2H3,(H,7,8,9). The van der Waals surface area contributed by atoms with Gasteiger partial charge in [0.15, 0.2) is 0 Å². The van der Waals surface area contributed by atoms with E-state index in [2.05, 4.69) is 0 Å². The van der Waals surface area contributed by atoms with Gasteiger partial charge in [0.25, 0.3) is 10.1 Å². The summed E-state index contributed by atoms with van der Waals surface area (Å²) in [6.45, 7) is 2.11. The van der Waals surface area contributed by atoms with Crippen molar-refractivity contribution < 1.29 is 17.4 Å². The van der Waals surface area contributed by atoms with Gasteiger partial charge in [0.05, 0.1) is 12.4 Å². The molecule has 0 atom stereocenters. The van der Waals surface area contributed by atoms with E-state index in [-0.39, 0.29) is 0 Å². The van der Waals surface area contributed by atoms with Crippen LogP contribution >= 0.6 is 0 Å². The van der Waals surface area contributed by atoms with Crippen LogP contribution in [0.4, 0.5) is 4.39 Å². The van der Waals surface area contributed by atoms with Gasteiger partial charge in [-0.05, 0) is 0 Å². The fraction of sp³-hybridized carbons (Fsp3) is 1.00. The average Bonchev–Trinajstić information content (AvgIpc) is 1.60. The molecular weight excluding hydrogens is 159 g/mol. The molecule has 0 saturated heterocycles. The van der Waals surface area contributed by atoms with E-state index in [1.165, 1.54) is 13.8 Å². The van der Waals surface area contributed by atoms with Crippen LogP contribution in [0, 0.1) is 5.41 Å². The molecular formula is C5H11FO3S. The molecule has 3 nitrogen and oxygen atoms in total. The van der Waals surface area contributed by atoms with Crippen LogP contribution < -0.4 is 0 Å². The summed E-state index contributed by atoms with van der Waals surface area (Å²) in [5, 5.41) is 0. The molecule has 0 spiro atoms. The number of hydrogen-bond donors (Lipinski definition) is 1. The second-order valence-electron chi connectivity index (χ2n) is 3.02. The molecule has 0 saturated carbocycles. The van der Waals surface area contributed by atoms with E-state index in [0.29, 0.717) is 0 Å². The van der Waals surface area contributed by atoms with Gasteiger partial charge in [0, 0.05) is 5.41 Å². The third-order valence-electron chi connectivity index (χ3n) is 0.935. The first kappa shape index (κ1) is 9.84. The van der Waals surface area contributed by atoms with E-state index < -0.39 is 28.0 Å². The first-order chi connectivity index (χ1) is 4.27. The molecule has 0 aliphatic carbocycles. The van der Waals surface area contributed by atoms with Crippen LogP contribution in [0.15, 0.2) is 0 Å². The number of hydrogen-bond acceptors (Lipinski definition) is 2. The summed E-state index contributed by atoms with van der Waals surface area (Å²) in [7, 11) is -4.03. The molecule has 10 heavy (non-hydrogen) atoms. The Labute approximate surface area is 60.0 Å². The normalized spacial score (nSPS) is 13.6. The minimum Gasteiger partial charge on any atom is -0.286 e. The number of alkyl halides is 1. The van der Waals surface area contributed by atoms with E-state index in [1.54, 1.807) is 0 Å². The monoisotopic (exact) mass is 170 g/mol. The zero-order chi connectivity index (χ0) is 8.41. The topological polar surface area (TPSA) is 54.4 Å². The third kappa shape index (κ3) is 4.69. The van der Waals surface area contributed by atoms with E-state index in [1.807, 2.05) is 0 Å². The summed E-state index contributed by atoms with van der Waals surface area (Å²) in [5.74, 6) is -0.531. The molecule has 1 N–H and O–H groups in total. The zero-order valence-corrected chi connectivity index (χ0v) is 6.78. The Kier molecular flexibility index (Phi) is 2.79. The second kappa shape index (κ2) is 2.84. The Hall–Kier alpha value is -0.160. The van der Waals surface area contributed by atoms with Gasteiger partial charge in [-0.15, -0.1) is 0 Å². The van der Waals surface area contributed by atoms with Gasteiger partial charge in [-0.2, -0.15) is 8.42 Å². The van der Waals surface area contributed by atoms with Crippen molar-refractivity contribution in [3.63, 3.8) is 0 Å². The van der Waals surface area contributed by atoms with E-state index in [4.69, 9.17) is 4.55 Å². The van der Waals surface area contributed by atoms with Crippen molar-refractivity contribution in [3.05, 3.63) is 0 Å². The molecule has 0 aliphatic heterocycles. The molecule has 0 radical (unpaired) electrons. The maximum atomic E-state index is 11.9. The maximum absolute atomic E-state index is 11.9. The van der Waals surface area contributed by atoms with Crippen molar-refractivity contribution in [2.45, 2.75) is 13.8 Å². The van der Waals surface area contributed by atoms with Crippen LogP contribution in [-0.4, -0.2) is 25.4 Å². The minimum absolute atomic E-state index is 0.531. The zero-order valence-electron chi connectivity index (χ0n) is 5.96. The van der Waals surface area contributed by atoms with Gasteiger partial charge in [-0.3, -0.25) is 8.94 Å². The first-order valence-electron chi connectivity index (χ1n) is 2.78. The van der Waals surface area contributed by atoms with E-state index >= 15 is 0 Å². The average molecular weight is 170 g/mol. The summed E-state index contributed by atoms with van der Waals surface area (Å²) >= 11 is 0. The molecule has 5 heteroatoms. The molecule has 0 bridgehead atoms. The van der Waals surface area contributed by atoms with Gasteiger partial charge in [0.2, 0.25) is 0 Å². The Morgan fingerprint density at radius 1 is 1.50 bits per heavy atom. The van der Waals surface area contributed by atoms with Gasteiger partial charge in [0.1, 0.15) is 0 Å². The van der Waals surface area contributed by atoms with Crippen LogP contribution in [0.3, 0.4) is 0 Å². The fourth-order valence-corrected chi connectivity index (χ4v) is 1.60. The van der Waals surface area contributed by atoms with Crippen molar-refractivity contribution in [1.29, 1.82) is 0 Å². The highest BCUT2D eigenvalue weighted by atomic mass is 32.2. The van der Waals surface area contributed by atoms with Crippen molar-refractivity contribution in [3.8, 4) is 0 Å². The van der Waals surface area contributed by atoms with Crippen LogP contribution in [0.25, 0.3) is 0 Å². The van der Waals surface area contributed by atoms with Crippen LogP contribution in [-0.2, 0) is 10.1 Å². The predicted molar refractivity (Wildman–Crippen MR) is 36.2 cm³/mol. The smallest absolute Gasteiger partial charge is 0.265 e. The third-order valence-corrected chi connectivity index (χ3v) is 2.08. The molecule has 0 fully saturated rings. The van der Waals surface area contributed by atoms with Crippen LogP contribution in [0.2, 0.25) is 0 Å². The highest BCUT2D eigenvalue weighted by Gasteiger charge is 2.24. The van der Waals surface area contributed by atoms with E-state index in [9.17, 15) is 12.8 Å². The molecule has 62 valence electrons. The summed E-state index contributed by atoms with van der Waals surface area (Å²) in [6, 6.07) is 0. The van der Waals surface area contributed by atoms with Crippen molar-refractivity contribution >= 4 is 10.1 Å². The minimum atomic E-state index is -4.03. The fourth-order valence-electron chi connectivity index (χ4n) is 0.532. The predicted octanol–water partition coefficient (Wildman–Crippen LogP) is 0.870. The van der Waals surface area contributed by atoms with Crippen molar-refractivity contribution in [2.75, 3.05) is 12.4 Å². The molecule has 0 amide bonds. The Bertz CT molecular complexity index is 195. The summed E-state index contributed by atoms with van der Waals surface area (Å²) < 4.78 is 40.6. The number of halogens is 1. The van der Waals surface area contributed by atoms with Crippen LogP contribution in [0.1, 0.15) is 13.8 Å². The quantitative estimate of drug-likeness (QED) is 0.639. The number of rotatable bonds is 3. The highest BCUT2D eigenvalue weighted by molar-refractivity contribution is 7.85. The molecule has 0 heterocycles. The molecule has 0 unspecified atom stereocenters. The van der Waals surface area contributed by atoms with Gasteiger partial charge in [-0.1, -0.05) is 13.8 Å². The lowest BCUT2D eigenvalue weighted by Crippen LogP contribution is -2.25. The molecule has 0 aromatic carbocycles. The molecule has 0 rings (SSSR count). The van der Waals surface area contributed by atoms with Gasteiger partial charge < -0.3 is 0 Å². The Morgan fingerprint density at radius 3 is 2.00 bits per heavy atom. The SMILES string of the molecule is CC(C)(CF)CS(=O)(=O)O. The maximum Gasteiger partial charge on any atom is 0.265 e. The van der Waals surface area contributed by atoms with Gasteiger partial charge >= 0.3 is 0 Å². The van der Waals surface area contributed by atoms with E-state index in [0.717, 1.165) is 0 Å². The Morgan fingerprint density at radius 2 is 1.90 bits per heavy atom. The highest BCUT2D eigenvalue weighted by Crippen LogP contribution is 2.17.